The molecule has 114 valence electrons. The van der Waals surface area contributed by atoms with Crippen molar-refractivity contribution in [2.24, 2.45) is 0 Å². The van der Waals surface area contributed by atoms with Gasteiger partial charge in [0.25, 0.3) is 0 Å². The molecule has 0 unspecified atom stereocenters. The standard InChI is InChI=1S/C15H17BrO5/c1-3-21-14(18)6-4-5-10-7-11(12(17)9-16)8-13(20-2)15(10)19/h4,6-8,19H,3,5,9H2,1-2H3. The van der Waals surface area contributed by atoms with E-state index in [0.29, 0.717) is 17.7 Å². The Morgan fingerprint density at radius 1 is 1.38 bits per heavy atom. The van der Waals surface area contributed by atoms with E-state index in [4.69, 9.17) is 9.47 Å². The van der Waals surface area contributed by atoms with Crippen LogP contribution < -0.4 is 4.74 Å². The molecule has 0 spiro atoms. The zero-order valence-corrected chi connectivity index (χ0v) is 13.5. The molecule has 0 aliphatic carbocycles. The number of aromatic hydroxyl groups is 1. The second kappa shape index (κ2) is 8.46. The molecule has 1 aromatic rings. The summed E-state index contributed by atoms with van der Waals surface area (Å²) < 4.78 is 9.81. The van der Waals surface area contributed by atoms with Crippen molar-refractivity contribution in [3.8, 4) is 11.5 Å². The van der Waals surface area contributed by atoms with E-state index in [2.05, 4.69) is 15.9 Å². The molecule has 0 aliphatic rings. The highest BCUT2D eigenvalue weighted by molar-refractivity contribution is 9.09. The highest BCUT2D eigenvalue weighted by atomic mass is 79.9. The Balaban J connectivity index is 3.00. The number of hydrogen-bond acceptors (Lipinski definition) is 5. The van der Waals surface area contributed by atoms with E-state index in [-0.39, 0.29) is 29.0 Å². The van der Waals surface area contributed by atoms with E-state index in [1.54, 1.807) is 19.1 Å². The lowest BCUT2D eigenvalue weighted by Crippen LogP contribution is -2.03. The Bertz CT molecular complexity index is 551. The molecule has 0 heterocycles. The fourth-order valence-corrected chi connectivity index (χ4v) is 2.01. The third kappa shape index (κ3) is 4.90. The summed E-state index contributed by atoms with van der Waals surface area (Å²) in [6, 6.07) is 3.06. The molecule has 0 atom stereocenters. The van der Waals surface area contributed by atoms with Gasteiger partial charge in [0.15, 0.2) is 17.3 Å². The third-order valence-electron chi connectivity index (χ3n) is 2.70. The minimum atomic E-state index is -0.448. The van der Waals surface area contributed by atoms with Gasteiger partial charge >= 0.3 is 5.97 Å². The van der Waals surface area contributed by atoms with Gasteiger partial charge in [-0.2, -0.15) is 0 Å². The molecule has 5 nitrogen and oxygen atoms in total. The zero-order valence-electron chi connectivity index (χ0n) is 11.9. The van der Waals surface area contributed by atoms with Crippen molar-refractivity contribution in [3.05, 3.63) is 35.4 Å². The predicted octanol–water partition coefficient (Wildman–Crippen LogP) is 2.64. The fraction of sp³-hybridized carbons (Fsp3) is 0.333. The van der Waals surface area contributed by atoms with Crippen LogP contribution in [0.4, 0.5) is 0 Å². The normalized spacial score (nSPS) is 10.6. The van der Waals surface area contributed by atoms with Gasteiger partial charge in [0.1, 0.15) is 0 Å². The molecule has 6 heteroatoms. The van der Waals surface area contributed by atoms with Crippen molar-refractivity contribution >= 4 is 27.7 Å². The van der Waals surface area contributed by atoms with Crippen LogP contribution in [0.3, 0.4) is 0 Å². The number of phenols is 1. The molecular formula is C15H17BrO5. The van der Waals surface area contributed by atoms with Crippen molar-refractivity contribution in [3.63, 3.8) is 0 Å². The van der Waals surface area contributed by atoms with Gasteiger partial charge in [0, 0.05) is 17.2 Å². The number of methoxy groups -OCH3 is 1. The molecule has 0 saturated carbocycles. The van der Waals surface area contributed by atoms with Gasteiger partial charge in [-0.3, -0.25) is 4.79 Å². The first-order valence-corrected chi connectivity index (χ1v) is 7.47. The van der Waals surface area contributed by atoms with Crippen LogP contribution >= 0.6 is 15.9 Å². The Morgan fingerprint density at radius 2 is 2.10 bits per heavy atom. The number of allylic oxidation sites excluding steroid dienone is 1. The second-order valence-electron chi connectivity index (χ2n) is 4.10. The van der Waals surface area contributed by atoms with E-state index in [0.717, 1.165) is 0 Å². The lowest BCUT2D eigenvalue weighted by Gasteiger charge is -2.10. The number of Topliss-reactive ketones (excluding diaryl/α,β-unsaturated/α-hetero) is 1. The number of alkyl halides is 1. The largest absolute Gasteiger partial charge is 0.504 e. The van der Waals surface area contributed by atoms with Crippen LogP contribution in [0.2, 0.25) is 0 Å². The summed E-state index contributed by atoms with van der Waals surface area (Å²) in [6.45, 7) is 2.02. The van der Waals surface area contributed by atoms with Crippen LogP contribution in [0.15, 0.2) is 24.3 Å². The van der Waals surface area contributed by atoms with Crippen molar-refractivity contribution < 1.29 is 24.2 Å². The SMILES string of the molecule is CCOC(=O)C=CCc1cc(C(=O)CBr)cc(OC)c1O. The van der Waals surface area contributed by atoms with Crippen LogP contribution in [0.5, 0.6) is 11.5 Å². The lowest BCUT2D eigenvalue weighted by atomic mass is 10.0. The van der Waals surface area contributed by atoms with E-state index in [1.807, 2.05) is 0 Å². The van der Waals surface area contributed by atoms with Crippen molar-refractivity contribution in [2.75, 3.05) is 19.0 Å². The zero-order chi connectivity index (χ0) is 15.8. The molecule has 1 N–H and O–H groups in total. The molecular weight excluding hydrogens is 340 g/mol. The quantitative estimate of drug-likeness (QED) is 0.352. The van der Waals surface area contributed by atoms with Crippen LogP contribution in [0.25, 0.3) is 0 Å². The van der Waals surface area contributed by atoms with Gasteiger partial charge in [-0.05, 0) is 25.5 Å². The van der Waals surface area contributed by atoms with E-state index < -0.39 is 5.97 Å². The first-order chi connectivity index (χ1) is 10.0. The Kier molecular flexibility index (Phi) is 6.94. The number of ether oxygens (including phenoxy) is 2. The summed E-state index contributed by atoms with van der Waals surface area (Å²) >= 11 is 3.10. The molecule has 0 radical (unpaired) electrons. The monoisotopic (exact) mass is 356 g/mol. The molecule has 1 aromatic carbocycles. The van der Waals surface area contributed by atoms with Crippen molar-refractivity contribution in [2.45, 2.75) is 13.3 Å². The third-order valence-corrected chi connectivity index (χ3v) is 3.20. The molecule has 1 rings (SSSR count). The van der Waals surface area contributed by atoms with Crippen LogP contribution in [0, 0.1) is 0 Å². The number of carbonyl (C=O) groups is 2. The molecule has 0 amide bonds. The Morgan fingerprint density at radius 3 is 2.67 bits per heavy atom. The van der Waals surface area contributed by atoms with Crippen molar-refractivity contribution in [1.29, 1.82) is 0 Å². The summed E-state index contributed by atoms with van der Waals surface area (Å²) in [4.78, 5) is 22.9. The van der Waals surface area contributed by atoms with E-state index in [9.17, 15) is 14.7 Å². The summed E-state index contributed by atoms with van der Waals surface area (Å²) in [5.41, 5.74) is 0.931. The van der Waals surface area contributed by atoms with E-state index in [1.165, 1.54) is 19.3 Å². The number of carbonyl (C=O) groups excluding carboxylic acids is 2. The molecule has 0 bridgehead atoms. The minimum Gasteiger partial charge on any atom is -0.504 e. The average Bonchev–Trinajstić information content (AvgIpc) is 2.48. The van der Waals surface area contributed by atoms with Gasteiger partial charge in [0.2, 0.25) is 0 Å². The fourth-order valence-electron chi connectivity index (χ4n) is 1.69. The maximum Gasteiger partial charge on any atom is 0.330 e. The Hall–Kier alpha value is -1.82. The van der Waals surface area contributed by atoms with Gasteiger partial charge in [-0.15, -0.1) is 0 Å². The van der Waals surface area contributed by atoms with Gasteiger partial charge in [-0.1, -0.05) is 22.0 Å². The van der Waals surface area contributed by atoms with Gasteiger partial charge < -0.3 is 14.6 Å². The average molecular weight is 357 g/mol. The summed E-state index contributed by atoms with van der Waals surface area (Å²) in [5, 5.41) is 10.2. The summed E-state index contributed by atoms with van der Waals surface area (Å²) in [6.07, 6.45) is 3.13. The smallest absolute Gasteiger partial charge is 0.330 e. The first-order valence-electron chi connectivity index (χ1n) is 6.35. The van der Waals surface area contributed by atoms with Gasteiger partial charge in [-0.25, -0.2) is 4.79 Å². The first kappa shape index (κ1) is 17.2. The Labute approximate surface area is 131 Å². The topological polar surface area (TPSA) is 72.8 Å². The molecule has 0 aromatic heterocycles. The highest BCUT2D eigenvalue weighted by Crippen LogP contribution is 2.32. The minimum absolute atomic E-state index is 0.0443. The summed E-state index contributed by atoms with van der Waals surface area (Å²) in [5.74, 6) is -0.390. The number of ketones is 1. The van der Waals surface area contributed by atoms with Crippen LogP contribution in [0.1, 0.15) is 22.8 Å². The number of halogens is 1. The van der Waals surface area contributed by atoms with Crippen molar-refractivity contribution in [1.82, 2.24) is 0 Å². The van der Waals surface area contributed by atoms with Crippen LogP contribution in [-0.2, 0) is 16.0 Å². The van der Waals surface area contributed by atoms with Gasteiger partial charge in [0.05, 0.1) is 19.0 Å². The number of rotatable bonds is 7. The second-order valence-corrected chi connectivity index (χ2v) is 4.66. The maximum absolute atomic E-state index is 11.7. The predicted molar refractivity (Wildman–Crippen MR) is 82.3 cm³/mol. The molecule has 0 aliphatic heterocycles. The number of phenolic OH excluding ortho intramolecular Hbond substituents is 1. The molecule has 0 saturated heterocycles. The van der Waals surface area contributed by atoms with E-state index >= 15 is 0 Å². The number of hydrogen-bond donors (Lipinski definition) is 1. The maximum atomic E-state index is 11.7. The summed E-state index contributed by atoms with van der Waals surface area (Å²) in [7, 11) is 1.41. The molecule has 21 heavy (non-hydrogen) atoms. The van der Waals surface area contributed by atoms with Crippen LogP contribution in [-0.4, -0.2) is 35.9 Å². The molecule has 0 fully saturated rings. The lowest BCUT2D eigenvalue weighted by molar-refractivity contribution is -0.137. The number of esters is 1. The number of benzene rings is 1. The highest BCUT2D eigenvalue weighted by Gasteiger charge is 2.13.